The molecule has 2 fully saturated rings. The predicted molar refractivity (Wildman–Crippen MR) is 210 cm³/mol. The Hall–Kier alpha value is -3.78. The standard InChI is InChI=1S/C41H54N6O6S/c1-8-46-33-14-13-25-17-27(33)28(37(46)26-11-9-15-42-36(26)24(3)52-7)19-41(4,5)22-53-40(50)30-12-10-16-47(45-30)39(49)31(18-34-43-32(25)21-54-34)44-38(48)35-23(2)29(35)20-51-6/h9,11,13-15,17,23-24,29-32,35,45H,8,10,12,16,18-22H2,1-7H3,(H,44,48)/t23-,24-,29+,30-,31-,32?,35+/m0/s1. The van der Waals surface area contributed by atoms with E-state index >= 15 is 0 Å². The average molecular weight is 759 g/mol. The molecule has 1 saturated carbocycles. The van der Waals surface area contributed by atoms with Crippen LogP contribution in [0, 0.1) is 23.2 Å². The van der Waals surface area contributed by atoms with Crippen molar-refractivity contribution in [3.63, 3.8) is 0 Å². The molecule has 1 aliphatic carbocycles. The molecule has 5 heterocycles. The number of ether oxygens (including phenoxy) is 3. The molecular weight excluding hydrogens is 705 g/mol. The molecule has 3 aromatic rings. The first-order valence-electron chi connectivity index (χ1n) is 19.3. The van der Waals surface area contributed by atoms with Gasteiger partial charge in [0.25, 0.3) is 5.91 Å². The van der Waals surface area contributed by atoms with Gasteiger partial charge in [-0.25, -0.2) is 5.43 Å². The van der Waals surface area contributed by atoms with Gasteiger partial charge < -0.3 is 24.1 Å². The number of esters is 1. The molecule has 1 unspecified atom stereocenters. The summed E-state index contributed by atoms with van der Waals surface area (Å²) in [4.78, 5) is 51.4. The molecule has 2 N–H and O–H groups in total. The Balaban J connectivity index is 1.31. The first-order valence-corrected chi connectivity index (χ1v) is 20.3. The van der Waals surface area contributed by atoms with Crippen molar-refractivity contribution in [2.24, 2.45) is 28.2 Å². The summed E-state index contributed by atoms with van der Waals surface area (Å²) in [5.74, 6) is 0.0105. The monoisotopic (exact) mass is 758 g/mol. The van der Waals surface area contributed by atoms with Crippen LogP contribution in [0.25, 0.3) is 22.2 Å². The first kappa shape index (κ1) is 38.5. The number of aryl methyl sites for hydroxylation is 1. The maximum Gasteiger partial charge on any atom is 0.324 e. The topological polar surface area (TPSA) is 136 Å². The van der Waals surface area contributed by atoms with Crippen molar-refractivity contribution in [2.45, 2.75) is 91.1 Å². The summed E-state index contributed by atoms with van der Waals surface area (Å²) in [5.41, 5.74) is 9.08. The third-order valence-corrected chi connectivity index (χ3v) is 12.7. The molecule has 13 heteroatoms. The fourth-order valence-electron chi connectivity index (χ4n) is 8.49. The molecule has 2 amide bonds. The lowest BCUT2D eigenvalue weighted by Gasteiger charge is -2.35. The molecule has 12 nitrogen and oxygen atoms in total. The lowest BCUT2D eigenvalue weighted by Crippen LogP contribution is -2.60. The van der Waals surface area contributed by atoms with Crippen LogP contribution in [-0.4, -0.2) is 89.2 Å². The van der Waals surface area contributed by atoms with Crippen molar-refractivity contribution in [1.29, 1.82) is 0 Å². The number of carbonyl (C=O) groups is 3. The minimum Gasteiger partial charge on any atom is -0.464 e. The highest BCUT2D eigenvalue weighted by Crippen LogP contribution is 2.46. The molecule has 1 aromatic carbocycles. The number of hydrazine groups is 1. The normalized spacial score (nSPS) is 27.6. The lowest BCUT2D eigenvalue weighted by atomic mass is 9.84. The van der Waals surface area contributed by atoms with E-state index in [1.54, 1.807) is 26.0 Å². The van der Waals surface area contributed by atoms with E-state index in [0.717, 1.165) is 50.8 Å². The van der Waals surface area contributed by atoms with Crippen LogP contribution in [0.3, 0.4) is 0 Å². The highest BCUT2D eigenvalue weighted by atomic mass is 32.2. The summed E-state index contributed by atoms with van der Waals surface area (Å²) in [7, 11) is 3.34. The zero-order valence-electron chi connectivity index (χ0n) is 32.5. The minimum atomic E-state index is -0.836. The first-order chi connectivity index (χ1) is 25.9. The zero-order chi connectivity index (χ0) is 38.3. The van der Waals surface area contributed by atoms with Crippen LogP contribution in [-0.2, 0) is 41.6 Å². The summed E-state index contributed by atoms with van der Waals surface area (Å²) >= 11 is 1.64. The number of nitrogens with one attached hydrogen (secondary N) is 2. The van der Waals surface area contributed by atoms with Gasteiger partial charge in [0, 0.05) is 73.5 Å². The van der Waals surface area contributed by atoms with Gasteiger partial charge >= 0.3 is 5.97 Å². The fourth-order valence-corrected chi connectivity index (χ4v) is 9.60. The molecule has 7 rings (SSSR count). The van der Waals surface area contributed by atoms with Gasteiger partial charge in [0.1, 0.15) is 12.1 Å². The molecule has 290 valence electrons. The quantitative estimate of drug-likeness (QED) is 0.280. The number of aromatic nitrogens is 2. The Morgan fingerprint density at radius 3 is 2.80 bits per heavy atom. The van der Waals surface area contributed by atoms with Gasteiger partial charge in [-0.05, 0) is 80.3 Å². The van der Waals surface area contributed by atoms with Crippen LogP contribution in [0.5, 0.6) is 0 Å². The Kier molecular flexibility index (Phi) is 11.2. The number of cyclic esters (lactones) is 1. The van der Waals surface area contributed by atoms with Gasteiger partial charge in [0.05, 0.1) is 41.8 Å². The maximum atomic E-state index is 14.2. The van der Waals surface area contributed by atoms with Gasteiger partial charge in [0.15, 0.2) is 0 Å². The van der Waals surface area contributed by atoms with Crippen LogP contribution in [0.4, 0.5) is 0 Å². The lowest BCUT2D eigenvalue weighted by molar-refractivity contribution is -0.155. The summed E-state index contributed by atoms with van der Waals surface area (Å²) in [6.45, 7) is 12.3. The number of thioether (sulfide) groups is 1. The predicted octanol–water partition coefficient (Wildman–Crippen LogP) is 5.64. The molecule has 2 aromatic heterocycles. The van der Waals surface area contributed by atoms with Crippen LogP contribution in [0.1, 0.15) is 82.8 Å². The van der Waals surface area contributed by atoms with E-state index in [-0.39, 0.29) is 54.7 Å². The SMILES string of the molecule is CCn1c(-c2cccnc2[C@H](C)OC)c2c3cc(ccc31)C1CSC(=N1)C[C@H](NC(=O)[C@@H]1[C@@H](C)[C@H]1COC)C(=O)N1CCC[C@H](N1)C(=O)OCC(C)(C)C2. The Morgan fingerprint density at radius 1 is 1.22 bits per heavy atom. The third-order valence-electron chi connectivity index (χ3n) is 11.6. The van der Waals surface area contributed by atoms with Crippen LogP contribution in [0.15, 0.2) is 41.5 Å². The van der Waals surface area contributed by atoms with Crippen molar-refractivity contribution >= 4 is 45.5 Å². The Labute approximate surface area is 322 Å². The van der Waals surface area contributed by atoms with Crippen LogP contribution >= 0.6 is 11.8 Å². The smallest absolute Gasteiger partial charge is 0.324 e. The van der Waals surface area contributed by atoms with E-state index in [2.05, 4.69) is 60.3 Å². The van der Waals surface area contributed by atoms with Crippen LogP contribution < -0.4 is 10.7 Å². The van der Waals surface area contributed by atoms with Gasteiger partial charge in [-0.1, -0.05) is 26.8 Å². The molecule has 3 aliphatic heterocycles. The van der Waals surface area contributed by atoms with Gasteiger partial charge in [0.2, 0.25) is 5.91 Å². The molecule has 0 spiro atoms. The second kappa shape index (κ2) is 15.8. The summed E-state index contributed by atoms with van der Waals surface area (Å²) in [6, 6.07) is 9.10. The van der Waals surface area contributed by atoms with E-state index in [1.807, 2.05) is 26.1 Å². The second-order valence-electron chi connectivity index (χ2n) is 16.0. The number of aliphatic imine (C=N–C) groups is 1. The number of amides is 2. The van der Waals surface area contributed by atoms with E-state index in [4.69, 9.17) is 24.2 Å². The number of benzene rings is 1. The molecule has 54 heavy (non-hydrogen) atoms. The molecular formula is C41H54N6O6S. The number of pyridine rings is 1. The highest BCUT2D eigenvalue weighted by Gasteiger charge is 2.52. The maximum absolute atomic E-state index is 14.2. The summed E-state index contributed by atoms with van der Waals surface area (Å²) < 4.78 is 19.6. The molecule has 4 aliphatic rings. The van der Waals surface area contributed by atoms with Gasteiger partial charge in [-0.15, -0.1) is 11.8 Å². The van der Waals surface area contributed by atoms with E-state index in [9.17, 15) is 14.4 Å². The second-order valence-corrected chi connectivity index (χ2v) is 17.1. The van der Waals surface area contributed by atoms with E-state index in [0.29, 0.717) is 32.4 Å². The number of fused-ring (bicyclic) bond motifs is 5. The number of methoxy groups -OCH3 is 2. The van der Waals surface area contributed by atoms with Crippen molar-refractivity contribution in [3.05, 3.63) is 53.3 Å². The molecule has 7 atom stereocenters. The van der Waals surface area contributed by atoms with Gasteiger partial charge in [-0.3, -0.25) is 29.4 Å². The van der Waals surface area contributed by atoms with Crippen molar-refractivity contribution in [1.82, 2.24) is 25.3 Å². The number of nitrogens with zero attached hydrogens (tertiary/aromatic N) is 4. The third kappa shape index (κ3) is 7.56. The van der Waals surface area contributed by atoms with E-state index in [1.165, 1.54) is 10.6 Å². The largest absolute Gasteiger partial charge is 0.464 e. The highest BCUT2D eigenvalue weighted by molar-refractivity contribution is 8.14. The summed E-state index contributed by atoms with van der Waals surface area (Å²) in [6.07, 6.45) is 3.68. The number of hydrogen-bond acceptors (Lipinski definition) is 10. The Bertz CT molecular complexity index is 1940. The number of hydrogen-bond donors (Lipinski definition) is 2. The van der Waals surface area contributed by atoms with E-state index < -0.39 is 23.5 Å². The van der Waals surface area contributed by atoms with Crippen molar-refractivity contribution < 1.29 is 28.6 Å². The number of rotatable bonds is 8. The van der Waals surface area contributed by atoms with Crippen molar-refractivity contribution in [3.8, 4) is 11.3 Å². The minimum absolute atomic E-state index is 0.107. The molecule has 0 radical (unpaired) electrons. The fraction of sp³-hybridized carbons (Fsp3) is 0.585. The van der Waals surface area contributed by atoms with Crippen molar-refractivity contribution in [2.75, 3.05) is 39.7 Å². The molecule has 6 bridgehead atoms. The average Bonchev–Trinajstić information content (AvgIpc) is 3.45. The van der Waals surface area contributed by atoms with Crippen LogP contribution in [0.2, 0.25) is 0 Å². The van der Waals surface area contributed by atoms with Gasteiger partial charge in [-0.2, -0.15) is 0 Å². The zero-order valence-corrected chi connectivity index (χ0v) is 33.3. The summed E-state index contributed by atoms with van der Waals surface area (Å²) in [5, 5.41) is 6.55. The Morgan fingerprint density at radius 2 is 2.04 bits per heavy atom. The number of carbonyl (C=O) groups excluding carboxylic acids is 3. The molecule has 1 saturated heterocycles.